The van der Waals surface area contributed by atoms with Crippen molar-refractivity contribution in [3.63, 3.8) is 0 Å². The van der Waals surface area contributed by atoms with Crippen LogP contribution in [0.5, 0.6) is 0 Å². The van der Waals surface area contributed by atoms with Crippen LogP contribution in [0.15, 0.2) is 48.5 Å². The maximum Gasteiger partial charge on any atom is 0.292 e. The maximum atomic E-state index is 11.8. The van der Waals surface area contributed by atoms with E-state index in [0.717, 1.165) is 25.2 Å². The molecule has 0 saturated carbocycles. The Hall–Kier alpha value is -3.09. The Labute approximate surface area is 165 Å². The van der Waals surface area contributed by atoms with E-state index in [2.05, 4.69) is 10.2 Å². The Morgan fingerprint density at radius 2 is 1.82 bits per heavy atom. The number of carbonyl (C=O) groups is 1. The van der Waals surface area contributed by atoms with Crippen molar-refractivity contribution in [2.75, 3.05) is 42.9 Å². The van der Waals surface area contributed by atoms with Crippen LogP contribution in [-0.4, -0.2) is 48.5 Å². The Bertz CT molecular complexity index is 818. The van der Waals surface area contributed by atoms with E-state index in [1.54, 1.807) is 12.1 Å². The minimum absolute atomic E-state index is 0.0802. The molecule has 3 rings (SSSR count). The van der Waals surface area contributed by atoms with Gasteiger partial charge in [0.2, 0.25) is 5.91 Å². The Balaban J connectivity index is 1.67. The van der Waals surface area contributed by atoms with Crippen molar-refractivity contribution in [3.05, 3.63) is 64.2 Å². The number of nitrogens with one attached hydrogen (secondary N) is 1. The lowest BCUT2D eigenvalue weighted by Gasteiger charge is -2.36. The predicted molar refractivity (Wildman–Crippen MR) is 111 cm³/mol. The first kappa shape index (κ1) is 19.7. The van der Waals surface area contributed by atoms with Gasteiger partial charge in [0.15, 0.2) is 0 Å². The summed E-state index contributed by atoms with van der Waals surface area (Å²) in [5.74, 6) is 0.173. The second kappa shape index (κ2) is 9.21. The molecule has 7 nitrogen and oxygen atoms in total. The Morgan fingerprint density at radius 3 is 2.46 bits per heavy atom. The number of piperazine rings is 1. The summed E-state index contributed by atoms with van der Waals surface area (Å²) in [6.07, 6.45) is 1.31. The molecule has 2 aromatic rings. The van der Waals surface area contributed by atoms with Crippen molar-refractivity contribution in [2.24, 2.45) is 0 Å². The van der Waals surface area contributed by atoms with Gasteiger partial charge in [0.1, 0.15) is 5.69 Å². The van der Waals surface area contributed by atoms with E-state index in [1.807, 2.05) is 48.2 Å². The van der Waals surface area contributed by atoms with Crippen LogP contribution in [0, 0.1) is 10.1 Å². The van der Waals surface area contributed by atoms with Crippen molar-refractivity contribution in [2.45, 2.75) is 19.8 Å². The Kier molecular flexibility index (Phi) is 6.47. The topological polar surface area (TPSA) is 78.7 Å². The van der Waals surface area contributed by atoms with Gasteiger partial charge >= 0.3 is 0 Å². The van der Waals surface area contributed by atoms with Crippen LogP contribution in [0.3, 0.4) is 0 Å². The fourth-order valence-electron chi connectivity index (χ4n) is 3.45. The summed E-state index contributed by atoms with van der Waals surface area (Å²) in [5, 5.41) is 14.6. The lowest BCUT2D eigenvalue weighted by molar-refractivity contribution is -0.383. The number of nitrogens with zero attached hydrogens (tertiary/aromatic N) is 3. The number of hydrogen-bond donors (Lipinski definition) is 1. The summed E-state index contributed by atoms with van der Waals surface area (Å²) >= 11 is 0. The second-order valence-corrected chi connectivity index (χ2v) is 6.84. The lowest BCUT2D eigenvalue weighted by Crippen LogP contribution is -2.48. The molecule has 1 N–H and O–H groups in total. The van der Waals surface area contributed by atoms with Gasteiger partial charge in [0.25, 0.3) is 5.69 Å². The highest BCUT2D eigenvalue weighted by molar-refractivity contribution is 5.76. The first-order valence-electron chi connectivity index (χ1n) is 9.67. The van der Waals surface area contributed by atoms with E-state index in [9.17, 15) is 14.9 Å². The third-order valence-electron chi connectivity index (χ3n) is 5.05. The molecule has 28 heavy (non-hydrogen) atoms. The van der Waals surface area contributed by atoms with Gasteiger partial charge in [0.05, 0.1) is 4.92 Å². The van der Waals surface area contributed by atoms with Crippen molar-refractivity contribution in [1.82, 2.24) is 4.90 Å². The van der Waals surface area contributed by atoms with E-state index in [0.29, 0.717) is 31.7 Å². The van der Waals surface area contributed by atoms with Crippen molar-refractivity contribution in [3.8, 4) is 0 Å². The number of carbonyl (C=O) groups excluding carboxylic acids is 1. The van der Waals surface area contributed by atoms with E-state index >= 15 is 0 Å². The molecule has 0 bridgehead atoms. The van der Waals surface area contributed by atoms with Gasteiger partial charge < -0.3 is 15.1 Å². The fraction of sp³-hybridized carbons (Fsp3) is 0.381. The minimum Gasteiger partial charge on any atom is -0.379 e. The molecule has 1 fully saturated rings. The van der Waals surface area contributed by atoms with Crippen LogP contribution in [-0.2, 0) is 11.2 Å². The number of rotatable bonds is 7. The smallest absolute Gasteiger partial charge is 0.292 e. The average molecular weight is 382 g/mol. The SMILES string of the molecule is CCC(=O)N1CCN(c2ccc([N+](=O)[O-])c(NCCc3ccccc3)c2)CC1. The van der Waals surface area contributed by atoms with Gasteiger partial charge in [-0.1, -0.05) is 37.3 Å². The lowest BCUT2D eigenvalue weighted by atomic mass is 10.1. The summed E-state index contributed by atoms with van der Waals surface area (Å²) in [7, 11) is 0. The van der Waals surface area contributed by atoms with E-state index in [1.165, 1.54) is 5.56 Å². The fourth-order valence-corrected chi connectivity index (χ4v) is 3.45. The van der Waals surface area contributed by atoms with E-state index in [-0.39, 0.29) is 16.5 Å². The summed E-state index contributed by atoms with van der Waals surface area (Å²) in [4.78, 5) is 26.9. The summed E-state index contributed by atoms with van der Waals surface area (Å²) in [6.45, 7) is 5.31. The number of hydrogen-bond acceptors (Lipinski definition) is 5. The third-order valence-corrected chi connectivity index (χ3v) is 5.05. The standard InChI is InChI=1S/C21H26N4O3/c1-2-21(26)24-14-12-23(13-15-24)18-8-9-20(25(27)28)19(16-18)22-11-10-17-6-4-3-5-7-17/h3-9,16,22H,2,10-15H2,1H3. The van der Waals surface area contributed by atoms with Gasteiger partial charge in [-0.2, -0.15) is 0 Å². The monoisotopic (exact) mass is 382 g/mol. The quantitative estimate of drug-likeness (QED) is 0.587. The summed E-state index contributed by atoms with van der Waals surface area (Å²) < 4.78 is 0. The molecule has 0 atom stereocenters. The van der Waals surface area contributed by atoms with Crippen LogP contribution < -0.4 is 10.2 Å². The molecule has 7 heteroatoms. The van der Waals surface area contributed by atoms with Gasteiger partial charge in [-0.25, -0.2) is 0 Å². The van der Waals surface area contributed by atoms with Crippen LogP contribution in [0.2, 0.25) is 0 Å². The highest BCUT2D eigenvalue weighted by atomic mass is 16.6. The first-order valence-corrected chi connectivity index (χ1v) is 9.67. The molecule has 0 unspecified atom stereocenters. The van der Waals surface area contributed by atoms with Crippen molar-refractivity contribution in [1.29, 1.82) is 0 Å². The van der Waals surface area contributed by atoms with E-state index < -0.39 is 0 Å². The molecule has 1 heterocycles. The molecule has 1 saturated heterocycles. The Morgan fingerprint density at radius 1 is 1.11 bits per heavy atom. The molecular formula is C21H26N4O3. The predicted octanol–water partition coefficient (Wildman–Crippen LogP) is 3.31. The van der Waals surface area contributed by atoms with Crippen LogP contribution >= 0.6 is 0 Å². The summed E-state index contributed by atoms with van der Waals surface area (Å²) in [6, 6.07) is 15.2. The maximum absolute atomic E-state index is 11.8. The van der Waals surface area contributed by atoms with E-state index in [4.69, 9.17) is 0 Å². The van der Waals surface area contributed by atoms with Crippen LogP contribution in [0.1, 0.15) is 18.9 Å². The molecule has 1 aliphatic heterocycles. The first-order chi connectivity index (χ1) is 13.6. The number of amides is 1. The average Bonchev–Trinajstić information content (AvgIpc) is 2.74. The van der Waals surface area contributed by atoms with Crippen LogP contribution in [0.25, 0.3) is 0 Å². The zero-order valence-corrected chi connectivity index (χ0v) is 16.1. The zero-order chi connectivity index (χ0) is 19.9. The molecule has 1 aliphatic rings. The number of anilines is 2. The van der Waals surface area contributed by atoms with Crippen LogP contribution in [0.4, 0.5) is 17.1 Å². The molecule has 0 radical (unpaired) electrons. The van der Waals surface area contributed by atoms with Gasteiger partial charge in [-0.05, 0) is 24.1 Å². The number of benzene rings is 2. The van der Waals surface area contributed by atoms with Gasteiger partial charge in [0, 0.05) is 50.9 Å². The zero-order valence-electron chi connectivity index (χ0n) is 16.1. The van der Waals surface area contributed by atoms with Gasteiger partial charge in [-0.15, -0.1) is 0 Å². The number of nitro benzene ring substituents is 1. The molecule has 0 aliphatic carbocycles. The second-order valence-electron chi connectivity index (χ2n) is 6.84. The molecule has 1 amide bonds. The highest BCUT2D eigenvalue weighted by Crippen LogP contribution is 2.30. The normalized spacial score (nSPS) is 14.0. The van der Waals surface area contributed by atoms with Crippen molar-refractivity contribution < 1.29 is 9.72 Å². The third kappa shape index (κ3) is 4.79. The van der Waals surface area contributed by atoms with Gasteiger partial charge in [-0.3, -0.25) is 14.9 Å². The molecular weight excluding hydrogens is 356 g/mol. The molecule has 148 valence electrons. The molecule has 2 aromatic carbocycles. The molecule has 0 aromatic heterocycles. The molecule has 0 spiro atoms. The number of nitro groups is 1. The van der Waals surface area contributed by atoms with Crippen molar-refractivity contribution >= 4 is 23.0 Å². The minimum atomic E-state index is -0.355. The summed E-state index contributed by atoms with van der Waals surface area (Å²) in [5.41, 5.74) is 2.74. The largest absolute Gasteiger partial charge is 0.379 e. The highest BCUT2D eigenvalue weighted by Gasteiger charge is 2.22.